The number of carbonyl (C=O) groups excluding carboxylic acids is 1. The summed E-state index contributed by atoms with van der Waals surface area (Å²) in [6.45, 7) is 7.37. The van der Waals surface area contributed by atoms with Crippen LogP contribution < -0.4 is 0 Å². The summed E-state index contributed by atoms with van der Waals surface area (Å²) in [5, 5.41) is 1.79. The van der Waals surface area contributed by atoms with Gasteiger partial charge in [0, 0.05) is 5.56 Å². The number of ketones is 1. The average Bonchev–Trinajstić information content (AvgIpc) is 3.13. The van der Waals surface area contributed by atoms with Gasteiger partial charge in [0.15, 0.2) is 11.6 Å². The summed E-state index contributed by atoms with van der Waals surface area (Å²) in [5.74, 6) is -0.797. The Morgan fingerprint density at radius 2 is 1.80 bits per heavy atom. The molecule has 0 aliphatic carbocycles. The summed E-state index contributed by atoms with van der Waals surface area (Å²) in [4.78, 5) is 11.5. The Morgan fingerprint density at radius 3 is 2.32 bits per heavy atom. The Morgan fingerprint density at radius 1 is 1.16 bits per heavy atom. The minimum Gasteiger partial charge on any atom is -0.347 e. The van der Waals surface area contributed by atoms with Gasteiger partial charge in [0.25, 0.3) is 0 Å². The predicted octanol–water partition coefficient (Wildman–Crippen LogP) is 3.78. The molecule has 0 N–H and O–H groups in total. The van der Waals surface area contributed by atoms with Crippen LogP contribution in [-0.2, 0) is 24.9 Å². The number of benzene rings is 1. The quantitative estimate of drug-likeness (QED) is 0.755. The van der Waals surface area contributed by atoms with Crippen LogP contribution in [0.3, 0.4) is 0 Å². The van der Waals surface area contributed by atoms with Crippen LogP contribution in [0.1, 0.15) is 43.6 Å². The number of sulfone groups is 1. The molecule has 1 aromatic carbocycles. The summed E-state index contributed by atoms with van der Waals surface area (Å²) in [6, 6.07) is 7.63. The van der Waals surface area contributed by atoms with Crippen LogP contribution in [-0.4, -0.2) is 26.6 Å². The number of rotatable bonds is 4. The molecule has 1 aromatic heterocycles. The first kappa shape index (κ1) is 18.3. The molecule has 7 heteroatoms. The van der Waals surface area contributed by atoms with Gasteiger partial charge in [-0.3, -0.25) is 4.79 Å². The minimum absolute atomic E-state index is 0.101. The smallest absolute Gasteiger partial charge is 0.215 e. The predicted molar refractivity (Wildman–Crippen MR) is 94.7 cm³/mol. The van der Waals surface area contributed by atoms with Crippen molar-refractivity contribution in [2.24, 2.45) is 0 Å². The lowest BCUT2D eigenvalue weighted by molar-refractivity contribution is -0.159. The second-order valence-electron chi connectivity index (χ2n) is 6.76. The second kappa shape index (κ2) is 6.02. The highest BCUT2D eigenvalue weighted by atomic mass is 32.2. The summed E-state index contributed by atoms with van der Waals surface area (Å²) >= 11 is 1.16. The second-order valence-corrected chi connectivity index (χ2v) is 9.85. The van der Waals surface area contributed by atoms with Gasteiger partial charge in [-0.25, -0.2) is 8.42 Å². The molecule has 0 spiro atoms. The zero-order chi connectivity index (χ0) is 18.5. The molecule has 0 unspecified atom stereocenters. The maximum atomic E-state index is 12.8. The van der Waals surface area contributed by atoms with Gasteiger partial charge in [-0.2, -0.15) is 0 Å². The SMILES string of the molecule is CC(=O)c1ccc(S(=O)(=O)c2cc([C@@]3(C)COC(C)(C)O3)cs2)cc1. The van der Waals surface area contributed by atoms with E-state index >= 15 is 0 Å². The first-order chi connectivity index (χ1) is 11.5. The molecule has 0 bridgehead atoms. The van der Waals surface area contributed by atoms with Crippen LogP contribution in [0.5, 0.6) is 0 Å². The van der Waals surface area contributed by atoms with Crippen molar-refractivity contribution in [1.82, 2.24) is 0 Å². The van der Waals surface area contributed by atoms with Crippen LogP contribution in [0.15, 0.2) is 44.8 Å². The topological polar surface area (TPSA) is 69.7 Å². The summed E-state index contributed by atoms with van der Waals surface area (Å²) in [7, 11) is -3.63. The molecule has 0 amide bonds. The molecule has 134 valence electrons. The zero-order valence-electron chi connectivity index (χ0n) is 14.5. The maximum Gasteiger partial charge on any atom is 0.215 e. The Bertz CT molecular complexity index is 909. The first-order valence-electron chi connectivity index (χ1n) is 7.83. The lowest BCUT2D eigenvalue weighted by atomic mass is 10.0. The molecule has 1 fully saturated rings. The zero-order valence-corrected chi connectivity index (χ0v) is 16.2. The molecule has 1 aliphatic heterocycles. The van der Waals surface area contributed by atoms with E-state index in [9.17, 15) is 13.2 Å². The maximum absolute atomic E-state index is 12.8. The highest BCUT2D eigenvalue weighted by Crippen LogP contribution is 2.41. The fourth-order valence-electron chi connectivity index (χ4n) is 2.77. The molecule has 3 rings (SSSR count). The van der Waals surface area contributed by atoms with Crippen molar-refractivity contribution in [1.29, 1.82) is 0 Å². The number of hydrogen-bond donors (Lipinski definition) is 0. The molecule has 1 atom stereocenters. The molecule has 2 aromatic rings. The normalized spacial score (nSPS) is 22.9. The monoisotopic (exact) mass is 380 g/mol. The Hall–Kier alpha value is -1.54. The fraction of sp³-hybridized carbons (Fsp3) is 0.389. The molecule has 1 aliphatic rings. The Kier molecular flexibility index (Phi) is 4.39. The van der Waals surface area contributed by atoms with Crippen LogP contribution in [0, 0.1) is 0 Å². The molecule has 5 nitrogen and oxygen atoms in total. The van der Waals surface area contributed by atoms with Crippen molar-refractivity contribution in [3.63, 3.8) is 0 Å². The minimum atomic E-state index is -3.63. The van der Waals surface area contributed by atoms with E-state index in [-0.39, 0.29) is 14.9 Å². The van der Waals surface area contributed by atoms with E-state index in [1.54, 1.807) is 11.4 Å². The van der Waals surface area contributed by atoms with E-state index in [0.717, 1.165) is 16.9 Å². The largest absolute Gasteiger partial charge is 0.347 e. The van der Waals surface area contributed by atoms with Crippen LogP contribution in [0.4, 0.5) is 0 Å². The number of ether oxygens (including phenoxy) is 2. The van der Waals surface area contributed by atoms with Crippen molar-refractivity contribution in [2.45, 2.75) is 48.2 Å². The number of thiophene rings is 1. The standard InChI is InChI=1S/C18H20O5S2/c1-12(19)13-5-7-15(8-6-13)25(20,21)16-9-14(10-24-16)18(4)11-22-17(2,3)23-18/h5-10H,11H2,1-4H3/t18-/m1/s1. The molecular weight excluding hydrogens is 360 g/mol. The summed E-state index contributed by atoms with van der Waals surface area (Å²) in [6.07, 6.45) is 0. The fourth-order valence-corrected chi connectivity index (χ4v) is 5.48. The van der Waals surface area contributed by atoms with Gasteiger partial charge in [-0.1, -0.05) is 12.1 Å². The first-order valence-corrected chi connectivity index (χ1v) is 10.2. The number of hydrogen-bond acceptors (Lipinski definition) is 6. The third kappa shape index (κ3) is 3.42. The molecular formula is C18H20O5S2. The van der Waals surface area contributed by atoms with Gasteiger partial charge in [0.05, 0.1) is 11.5 Å². The van der Waals surface area contributed by atoms with Gasteiger partial charge in [-0.05, 0) is 56.8 Å². The Balaban J connectivity index is 1.92. The van der Waals surface area contributed by atoms with Crippen molar-refractivity contribution in [2.75, 3.05) is 6.61 Å². The van der Waals surface area contributed by atoms with Crippen molar-refractivity contribution in [3.05, 3.63) is 46.8 Å². The van der Waals surface area contributed by atoms with E-state index in [1.807, 2.05) is 20.8 Å². The van der Waals surface area contributed by atoms with E-state index in [0.29, 0.717) is 12.2 Å². The summed E-state index contributed by atoms with van der Waals surface area (Å²) < 4.78 is 37.5. The van der Waals surface area contributed by atoms with Gasteiger partial charge < -0.3 is 9.47 Å². The van der Waals surface area contributed by atoms with Gasteiger partial charge in [0.1, 0.15) is 9.81 Å². The van der Waals surface area contributed by atoms with Crippen LogP contribution in [0.25, 0.3) is 0 Å². The molecule has 25 heavy (non-hydrogen) atoms. The van der Waals surface area contributed by atoms with Crippen molar-refractivity contribution < 1.29 is 22.7 Å². The van der Waals surface area contributed by atoms with Crippen molar-refractivity contribution >= 4 is 27.0 Å². The highest BCUT2D eigenvalue weighted by molar-refractivity contribution is 7.93. The Labute approximate surface area is 151 Å². The number of Topliss-reactive ketones (excluding diaryl/α,β-unsaturated/α-hetero) is 1. The van der Waals surface area contributed by atoms with Crippen LogP contribution in [0.2, 0.25) is 0 Å². The van der Waals surface area contributed by atoms with E-state index < -0.39 is 21.2 Å². The lowest BCUT2D eigenvalue weighted by Gasteiger charge is -2.24. The van der Waals surface area contributed by atoms with Crippen LogP contribution >= 0.6 is 11.3 Å². The third-order valence-corrected chi connectivity index (χ3v) is 7.40. The molecule has 0 radical (unpaired) electrons. The van der Waals surface area contributed by atoms with Gasteiger partial charge >= 0.3 is 0 Å². The molecule has 1 saturated heterocycles. The average molecular weight is 380 g/mol. The lowest BCUT2D eigenvalue weighted by Crippen LogP contribution is -2.27. The van der Waals surface area contributed by atoms with Gasteiger partial charge in [0.2, 0.25) is 9.84 Å². The van der Waals surface area contributed by atoms with E-state index in [2.05, 4.69) is 0 Å². The molecule has 0 saturated carbocycles. The van der Waals surface area contributed by atoms with E-state index in [1.165, 1.54) is 31.2 Å². The number of carbonyl (C=O) groups is 1. The third-order valence-electron chi connectivity index (χ3n) is 4.19. The van der Waals surface area contributed by atoms with E-state index in [4.69, 9.17) is 9.47 Å². The van der Waals surface area contributed by atoms with Gasteiger partial charge in [-0.15, -0.1) is 11.3 Å². The highest BCUT2D eigenvalue weighted by Gasteiger charge is 2.44. The molecule has 2 heterocycles. The van der Waals surface area contributed by atoms with Crippen molar-refractivity contribution in [3.8, 4) is 0 Å². The summed E-state index contributed by atoms with van der Waals surface area (Å²) in [5.41, 5.74) is 0.589.